The maximum atomic E-state index is 11.6. The second kappa shape index (κ2) is 4.26. The Morgan fingerprint density at radius 1 is 1.53 bits per heavy atom. The number of aliphatic carboxylic acids is 1. The van der Waals surface area contributed by atoms with Crippen molar-refractivity contribution in [3.63, 3.8) is 0 Å². The molecule has 1 atom stereocenters. The van der Waals surface area contributed by atoms with E-state index in [2.05, 4.69) is 0 Å². The number of hydrogen-bond donors (Lipinski definition) is 1. The Kier molecular flexibility index (Phi) is 3.44. The van der Waals surface area contributed by atoms with E-state index in [1.807, 2.05) is 0 Å². The van der Waals surface area contributed by atoms with Gasteiger partial charge in [-0.2, -0.15) is 0 Å². The molecule has 1 rings (SSSR count). The van der Waals surface area contributed by atoms with E-state index >= 15 is 0 Å². The molecule has 0 bridgehead atoms. The second-order valence-electron chi connectivity index (χ2n) is 4.29. The van der Waals surface area contributed by atoms with Crippen LogP contribution in [0.1, 0.15) is 20.8 Å². The van der Waals surface area contributed by atoms with Gasteiger partial charge in [0.15, 0.2) is 0 Å². The Labute approximate surface area is 92.7 Å². The fourth-order valence-corrected chi connectivity index (χ4v) is 2.08. The van der Waals surface area contributed by atoms with Gasteiger partial charge in [-0.05, 0) is 26.8 Å². The van der Waals surface area contributed by atoms with Crippen molar-refractivity contribution in [2.75, 3.05) is 5.75 Å². The van der Waals surface area contributed by atoms with Crippen molar-refractivity contribution in [2.24, 2.45) is 5.92 Å². The van der Waals surface area contributed by atoms with E-state index in [1.54, 1.807) is 20.8 Å². The average Bonchev–Trinajstić information content (AvgIpc) is 2.47. The first kappa shape index (κ1) is 12.1. The summed E-state index contributed by atoms with van der Waals surface area (Å²) in [5, 5.41) is 8.70. The molecule has 0 spiro atoms. The summed E-state index contributed by atoms with van der Waals surface area (Å²) < 4.78 is 5.16. The van der Waals surface area contributed by atoms with E-state index in [4.69, 9.17) is 9.84 Å². The van der Waals surface area contributed by atoms with Gasteiger partial charge >= 0.3 is 11.9 Å². The van der Waals surface area contributed by atoms with Gasteiger partial charge in [-0.1, -0.05) is 0 Å². The first-order valence-electron chi connectivity index (χ1n) is 4.60. The van der Waals surface area contributed by atoms with Crippen LogP contribution in [0.5, 0.6) is 0 Å². The van der Waals surface area contributed by atoms with Crippen LogP contribution in [-0.2, 0) is 14.3 Å². The molecule has 1 aliphatic heterocycles. The number of ether oxygens (including phenoxy) is 1. The van der Waals surface area contributed by atoms with Crippen molar-refractivity contribution < 1.29 is 19.4 Å². The molecular formula is C10H14O4S. The highest BCUT2D eigenvalue weighted by Crippen LogP contribution is 2.30. The monoisotopic (exact) mass is 230 g/mol. The van der Waals surface area contributed by atoms with Crippen LogP contribution >= 0.6 is 11.8 Å². The van der Waals surface area contributed by atoms with Gasteiger partial charge in [0.2, 0.25) is 0 Å². The quantitative estimate of drug-likeness (QED) is 0.731. The molecule has 1 N–H and O–H groups in total. The second-order valence-corrected chi connectivity index (χ2v) is 5.35. The minimum Gasteiger partial charge on any atom is -0.477 e. The maximum absolute atomic E-state index is 11.6. The van der Waals surface area contributed by atoms with Crippen molar-refractivity contribution in [3.8, 4) is 0 Å². The number of esters is 1. The highest BCUT2D eigenvalue weighted by molar-refractivity contribution is 8.04. The molecule has 0 fully saturated rings. The number of carboxylic acid groups (broad SMARTS) is 1. The van der Waals surface area contributed by atoms with E-state index in [0.717, 1.165) is 0 Å². The number of carbonyl (C=O) groups is 2. The first-order chi connectivity index (χ1) is 6.79. The van der Waals surface area contributed by atoms with E-state index in [0.29, 0.717) is 5.75 Å². The Balaban J connectivity index is 2.61. The predicted octanol–water partition coefficient (Wildman–Crippen LogP) is 1.66. The normalized spacial score (nSPS) is 21.0. The van der Waals surface area contributed by atoms with Gasteiger partial charge in [-0.15, -0.1) is 11.8 Å². The lowest BCUT2D eigenvalue weighted by Gasteiger charge is -2.21. The molecule has 0 unspecified atom stereocenters. The van der Waals surface area contributed by atoms with Gasteiger partial charge in [0, 0.05) is 5.75 Å². The summed E-state index contributed by atoms with van der Waals surface area (Å²) in [5.41, 5.74) is -0.526. The largest absolute Gasteiger partial charge is 0.477 e. The van der Waals surface area contributed by atoms with Gasteiger partial charge in [0.05, 0.1) is 10.8 Å². The predicted molar refractivity (Wildman–Crippen MR) is 57.5 cm³/mol. The lowest BCUT2D eigenvalue weighted by molar-refractivity contribution is -0.157. The van der Waals surface area contributed by atoms with E-state index in [9.17, 15) is 9.59 Å². The number of hydrogen-bond acceptors (Lipinski definition) is 4. The van der Waals surface area contributed by atoms with E-state index in [-0.39, 0.29) is 10.9 Å². The topological polar surface area (TPSA) is 63.6 Å². The lowest BCUT2D eigenvalue weighted by Crippen LogP contribution is -2.28. The lowest BCUT2D eigenvalue weighted by atomic mass is 10.1. The Hall–Kier alpha value is -0.970. The summed E-state index contributed by atoms with van der Waals surface area (Å²) in [7, 11) is 0. The van der Waals surface area contributed by atoms with Gasteiger partial charge in [-0.3, -0.25) is 4.79 Å². The van der Waals surface area contributed by atoms with Gasteiger partial charge in [0.1, 0.15) is 5.60 Å². The van der Waals surface area contributed by atoms with Crippen molar-refractivity contribution in [1.29, 1.82) is 0 Å². The summed E-state index contributed by atoms with van der Waals surface area (Å²) in [6.45, 7) is 5.36. The molecule has 84 valence electrons. The summed E-state index contributed by atoms with van der Waals surface area (Å²) in [4.78, 5) is 22.4. The highest BCUT2D eigenvalue weighted by atomic mass is 32.2. The van der Waals surface area contributed by atoms with Crippen molar-refractivity contribution in [2.45, 2.75) is 26.4 Å². The third-order valence-corrected chi connectivity index (χ3v) is 2.84. The number of carbonyl (C=O) groups excluding carboxylic acids is 1. The molecule has 15 heavy (non-hydrogen) atoms. The van der Waals surface area contributed by atoms with E-state index < -0.39 is 17.5 Å². The third-order valence-electron chi connectivity index (χ3n) is 1.69. The van der Waals surface area contributed by atoms with Gasteiger partial charge in [0.25, 0.3) is 0 Å². The smallest absolute Gasteiger partial charge is 0.341 e. The van der Waals surface area contributed by atoms with Crippen molar-refractivity contribution in [3.05, 3.63) is 11.0 Å². The van der Waals surface area contributed by atoms with Crippen LogP contribution < -0.4 is 0 Å². The molecular weight excluding hydrogens is 216 g/mol. The molecule has 0 saturated carbocycles. The zero-order valence-corrected chi connectivity index (χ0v) is 9.76. The Bertz CT molecular complexity index is 314. The summed E-state index contributed by atoms with van der Waals surface area (Å²) >= 11 is 1.17. The average molecular weight is 230 g/mol. The third kappa shape index (κ3) is 3.58. The molecule has 0 radical (unpaired) electrons. The molecule has 0 aromatic rings. The minimum atomic E-state index is -0.981. The number of thioether (sulfide) groups is 1. The molecule has 5 heteroatoms. The fraction of sp³-hybridized carbons (Fsp3) is 0.600. The van der Waals surface area contributed by atoms with Crippen LogP contribution in [-0.4, -0.2) is 28.4 Å². The Morgan fingerprint density at radius 3 is 2.53 bits per heavy atom. The molecule has 0 amide bonds. The maximum Gasteiger partial charge on any atom is 0.341 e. The molecule has 1 heterocycles. The fourth-order valence-electron chi connectivity index (χ4n) is 1.11. The molecule has 0 aromatic heterocycles. The molecule has 0 aliphatic carbocycles. The zero-order chi connectivity index (χ0) is 11.6. The molecule has 0 saturated heterocycles. The summed E-state index contributed by atoms with van der Waals surface area (Å²) in [5.74, 6) is -1.31. The van der Waals surface area contributed by atoms with Crippen LogP contribution in [0.25, 0.3) is 0 Å². The van der Waals surface area contributed by atoms with Crippen LogP contribution in [0, 0.1) is 5.92 Å². The first-order valence-corrected chi connectivity index (χ1v) is 5.59. The Morgan fingerprint density at radius 2 is 2.13 bits per heavy atom. The highest BCUT2D eigenvalue weighted by Gasteiger charge is 2.30. The zero-order valence-electron chi connectivity index (χ0n) is 8.94. The number of carboxylic acids is 1. The summed E-state index contributed by atoms with van der Waals surface area (Å²) in [6.07, 6.45) is 1.46. The van der Waals surface area contributed by atoms with Gasteiger partial charge < -0.3 is 9.84 Å². The summed E-state index contributed by atoms with van der Waals surface area (Å²) in [6, 6.07) is 0. The van der Waals surface area contributed by atoms with Crippen LogP contribution in [0.2, 0.25) is 0 Å². The van der Waals surface area contributed by atoms with Crippen molar-refractivity contribution >= 4 is 23.7 Å². The standard InChI is InChI=1S/C10H14O4S/c1-10(2,3)14-9(13)6-4-7(8(11)12)15-5-6/h4,6H,5H2,1-3H3,(H,11,12)/t6-/m0/s1. The molecule has 1 aliphatic rings. The number of rotatable bonds is 2. The van der Waals surface area contributed by atoms with E-state index in [1.165, 1.54) is 17.8 Å². The van der Waals surface area contributed by atoms with Crippen LogP contribution in [0.3, 0.4) is 0 Å². The minimum absolute atomic E-state index is 0.228. The van der Waals surface area contributed by atoms with Gasteiger partial charge in [-0.25, -0.2) is 4.79 Å². The SMILES string of the molecule is CC(C)(C)OC(=O)[C@H]1C=C(C(=O)O)SC1. The van der Waals surface area contributed by atoms with Crippen LogP contribution in [0.15, 0.2) is 11.0 Å². The molecule has 4 nitrogen and oxygen atoms in total. The van der Waals surface area contributed by atoms with Crippen molar-refractivity contribution in [1.82, 2.24) is 0 Å². The molecule has 0 aromatic carbocycles. The van der Waals surface area contributed by atoms with Crippen LogP contribution in [0.4, 0.5) is 0 Å².